The molecular weight excluding hydrogens is 208 g/mol. The summed E-state index contributed by atoms with van der Waals surface area (Å²) in [5.41, 5.74) is 0.190. The Kier molecular flexibility index (Phi) is 9.32. The highest BCUT2D eigenvalue weighted by Gasteiger charge is 2.18. The molecule has 0 aromatic carbocycles. The summed E-state index contributed by atoms with van der Waals surface area (Å²) < 4.78 is 4.88. The summed E-state index contributed by atoms with van der Waals surface area (Å²) in [5, 5.41) is 8.66. The Hall–Kier alpha value is -0.140. The highest BCUT2D eigenvalue weighted by molar-refractivity contribution is 7.99. The number of aldehydes is 1. The minimum absolute atomic E-state index is 0.0217. The third kappa shape index (κ3) is 8.46. The molecule has 0 saturated carbocycles. The molecule has 5 nitrogen and oxygen atoms in total. The zero-order chi connectivity index (χ0) is 10.8. The van der Waals surface area contributed by atoms with Crippen molar-refractivity contribution in [1.82, 2.24) is 0 Å². The minimum Gasteiger partial charge on any atom is -0.367 e. The van der Waals surface area contributed by atoms with E-state index >= 15 is 0 Å². The number of carbonyl (C=O) groups is 1. The zero-order valence-corrected chi connectivity index (χ0v) is 9.16. The van der Waals surface area contributed by atoms with Crippen LogP contribution in [0.2, 0.25) is 0 Å². The van der Waals surface area contributed by atoms with Crippen LogP contribution in [0.5, 0.6) is 0 Å². The summed E-state index contributed by atoms with van der Waals surface area (Å²) in [7, 11) is 0. The fourth-order valence-electron chi connectivity index (χ4n) is 0.677. The van der Waals surface area contributed by atoms with E-state index in [9.17, 15) is 4.79 Å². The SMILES string of the molecule is CC1OC(O)CS1.CCOOCC=O. The van der Waals surface area contributed by atoms with Gasteiger partial charge in [-0.3, -0.25) is 0 Å². The molecule has 2 unspecified atom stereocenters. The quantitative estimate of drug-likeness (QED) is 0.326. The van der Waals surface area contributed by atoms with Gasteiger partial charge in [-0.05, 0) is 13.8 Å². The summed E-state index contributed by atoms with van der Waals surface area (Å²) >= 11 is 1.63. The lowest BCUT2D eigenvalue weighted by atomic mass is 10.7. The molecule has 14 heavy (non-hydrogen) atoms. The first-order valence-electron chi connectivity index (χ1n) is 4.33. The lowest BCUT2D eigenvalue weighted by molar-refractivity contribution is -0.283. The molecule has 1 rings (SSSR count). The Bertz CT molecular complexity index is 136. The average molecular weight is 224 g/mol. The van der Waals surface area contributed by atoms with Gasteiger partial charge in [0.1, 0.15) is 18.3 Å². The summed E-state index contributed by atoms with van der Waals surface area (Å²) in [6, 6.07) is 0. The van der Waals surface area contributed by atoms with E-state index in [1.165, 1.54) is 0 Å². The van der Waals surface area contributed by atoms with Crippen molar-refractivity contribution < 1.29 is 24.4 Å². The first-order valence-corrected chi connectivity index (χ1v) is 5.38. The molecule has 1 aliphatic heterocycles. The number of ether oxygens (including phenoxy) is 1. The van der Waals surface area contributed by atoms with E-state index in [4.69, 9.17) is 9.84 Å². The molecule has 6 heteroatoms. The number of carbonyl (C=O) groups excluding carboxylic acids is 1. The third-order valence-corrected chi connectivity index (χ3v) is 2.22. The molecule has 0 spiro atoms. The fourth-order valence-corrected chi connectivity index (χ4v) is 1.40. The van der Waals surface area contributed by atoms with E-state index < -0.39 is 6.29 Å². The van der Waals surface area contributed by atoms with E-state index in [1.807, 2.05) is 6.92 Å². The van der Waals surface area contributed by atoms with Crippen molar-refractivity contribution in [3.05, 3.63) is 0 Å². The lowest BCUT2D eigenvalue weighted by Crippen LogP contribution is -2.07. The average Bonchev–Trinajstić information content (AvgIpc) is 2.52. The van der Waals surface area contributed by atoms with Crippen LogP contribution in [0.25, 0.3) is 0 Å². The smallest absolute Gasteiger partial charge is 0.165 e. The molecule has 0 aromatic heterocycles. The van der Waals surface area contributed by atoms with Gasteiger partial charge < -0.3 is 14.6 Å². The van der Waals surface area contributed by atoms with Gasteiger partial charge >= 0.3 is 0 Å². The molecule has 0 radical (unpaired) electrons. The van der Waals surface area contributed by atoms with Crippen molar-refractivity contribution in [3.8, 4) is 0 Å². The predicted octanol–water partition coefficient (Wildman–Crippen LogP) is 0.568. The van der Waals surface area contributed by atoms with Crippen LogP contribution in [0.1, 0.15) is 13.8 Å². The van der Waals surface area contributed by atoms with Gasteiger partial charge in [0, 0.05) is 5.75 Å². The van der Waals surface area contributed by atoms with Gasteiger partial charge in [-0.15, -0.1) is 11.8 Å². The van der Waals surface area contributed by atoms with Crippen LogP contribution in [-0.2, 0) is 19.3 Å². The van der Waals surface area contributed by atoms with Crippen molar-refractivity contribution in [3.63, 3.8) is 0 Å². The second-order valence-electron chi connectivity index (χ2n) is 2.35. The standard InChI is InChI=1S/C4H8O3.C4H8O2S/c1-2-6-7-4-3-5;1-3-6-4(5)2-7-3/h3H,2,4H2,1H3;3-5H,2H2,1H3. The maximum atomic E-state index is 9.47. The van der Waals surface area contributed by atoms with E-state index in [0.29, 0.717) is 12.9 Å². The van der Waals surface area contributed by atoms with Crippen LogP contribution >= 0.6 is 11.8 Å². The second-order valence-corrected chi connectivity index (χ2v) is 3.68. The molecule has 0 amide bonds. The van der Waals surface area contributed by atoms with Gasteiger partial charge in [-0.2, -0.15) is 0 Å². The van der Waals surface area contributed by atoms with Crippen molar-refractivity contribution >= 4 is 18.0 Å². The Morgan fingerprint density at radius 3 is 2.64 bits per heavy atom. The molecule has 1 N–H and O–H groups in total. The Morgan fingerprint density at radius 1 is 1.64 bits per heavy atom. The third-order valence-electron chi connectivity index (χ3n) is 1.16. The molecule has 1 fully saturated rings. The molecular formula is C8H16O5S. The number of hydrogen-bond acceptors (Lipinski definition) is 6. The monoisotopic (exact) mass is 224 g/mol. The van der Waals surface area contributed by atoms with Crippen molar-refractivity contribution in [1.29, 1.82) is 0 Å². The van der Waals surface area contributed by atoms with Gasteiger partial charge in [0.05, 0.1) is 6.61 Å². The second kappa shape index (κ2) is 9.42. The van der Waals surface area contributed by atoms with E-state index in [-0.39, 0.29) is 12.0 Å². The molecule has 0 aromatic rings. The van der Waals surface area contributed by atoms with Crippen LogP contribution in [-0.4, -0.2) is 42.1 Å². The highest BCUT2D eigenvalue weighted by atomic mass is 32.2. The predicted molar refractivity (Wildman–Crippen MR) is 52.7 cm³/mol. The van der Waals surface area contributed by atoms with E-state index in [1.54, 1.807) is 18.7 Å². The largest absolute Gasteiger partial charge is 0.367 e. The molecule has 1 aliphatic rings. The van der Waals surface area contributed by atoms with Gasteiger partial charge in [-0.1, -0.05) is 0 Å². The summed E-state index contributed by atoms with van der Waals surface area (Å²) in [6.45, 7) is 4.22. The topological polar surface area (TPSA) is 65.0 Å². The number of thioether (sulfide) groups is 1. The van der Waals surface area contributed by atoms with Gasteiger partial charge in [0.25, 0.3) is 0 Å². The van der Waals surface area contributed by atoms with Crippen molar-refractivity contribution in [2.45, 2.75) is 25.6 Å². The molecule has 0 aliphatic carbocycles. The summed E-state index contributed by atoms with van der Waals surface area (Å²) in [4.78, 5) is 18.1. The molecule has 1 saturated heterocycles. The summed E-state index contributed by atoms with van der Waals surface area (Å²) in [6.07, 6.45) is 0.121. The number of aliphatic hydroxyl groups is 1. The lowest BCUT2D eigenvalue weighted by Gasteiger charge is -1.98. The molecule has 1 heterocycles. The Balaban J connectivity index is 0.000000241. The first-order chi connectivity index (χ1) is 6.70. The van der Waals surface area contributed by atoms with Gasteiger partial charge in [0.15, 0.2) is 6.29 Å². The highest BCUT2D eigenvalue weighted by Crippen LogP contribution is 2.22. The van der Waals surface area contributed by atoms with Crippen LogP contribution in [0.4, 0.5) is 0 Å². The van der Waals surface area contributed by atoms with E-state index in [2.05, 4.69) is 9.78 Å². The maximum Gasteiger partial charge on any atom is 0.165 e. The van der Waals surface area contributed by atoms with Crippen LogP contribution < -0.4 is 0 Å². The van der Waals surface area contributed by atoms with Gasteiger partial charge in [0.2, 0.25) is 0 Å². The first kappa shape index (κ1) is 13.9. The molecule has 84 valence electrons. The minimum atomic E-state index is -0.514. The van der Waals surface area contributed by atoms with Crippen molar-refractivity contribution in [2.24, 2.45) is 0 Å². The van der Waals surface area contributed by atoms with Crippen molar-refractivity contribution in [2.75, 3.05) is 19.0 Å². The van der Waals surface area contributed by atoms with Gasteiger partial charge in [-0.25, -0.2) is 9.78 Å². The zero-order valence-electron chi connectivity index (χ0n) is 8.34. The molecule has 0 bridgehead atoms. The number of hydrogen-bond donors (Lipinski definition) is 1. The van der Waals surface area contributed by atoms with E-state index in [0.717, 1.165) is 5.75 Å². The van der Waals surface area contributed by atoms with Crippen LogP contribution in [0.3, 0.4) is 0 Å². The van der Waals surface area contributed by atoms with Crippen LogP contribution in [0, 0.1) is 0 Å². The fraction of sp³-hybridized carbons (Fsp3) is 0.875. The maximum absolute atomic E-state index is 9.47. The Morgan fingerprint density at radius 2 is 2.36 bits per heavy atom. The molecule has 2 atom stereocenters. The Labute approximate surface area is 87.6 Å². The number of rotatable bonds is 4. The normalized spacial score (nSPS) is 25.4. The number of aliphatic hydroxyl groups excluding tert-OH is 1. The van der Waals surface area contributed by atoms with Crippen LogP contribution in [0.15, 0.2) is 0 Å². The summed E-state index contributed by atoms with van der Waals surface area (Å²) in [5.74, 6) is 0.723.